The number of ether oxygens (including phenoxy) is 1. The molecule has 0 spiro atoms. The van der Waals surface area contributed by atoms with Crippen molar-refractivity contribution in [1.29, 1.82) is 0 Å². The summed E-state index contributed by atoms with van der Waals surface area (Å²) in [6.45, 7) is 7.70. The van der Waals surface area contributed by atoms with E-state index >= 15 is 0 Å². The van der Waals surface area contributed by atoms with Crippen LogP contribution in [0.25, 0.3) is 0 Å². The highest BCUT2D eigenvalue weighted by molar-refractivity contribution is 5.32. The average Bonchev–Trinajstić information content (AvgIpc) is 3.14. The van der Waals surface area contributed by atoms with Gasteiger partial charge in [-0.25, -0.2) is 0 Å². The number of rotatable bonds is 6. The van der Waals surface area contributed by atoms with E-state index in [-0.39, 0.29) is 5.60 Å². The first-order chi connectivity index (χ1) is 9.55. The van der Waals surface area contributed by atoms with Crippen molar-refractivity contribution in [2.45, 2.75) is 38.7 Å². The molecular weight excluding hydrogens is 250 g/mol. The van der Waals surface area contributed by atoms with Gasteiger partial charge in [-0.05, 0) is 62.3 Å². The van der Waals surface area contributed by atoms with E-state index in [4.69, 9.17) is 4.74 Å². The van der Waals surface area contributed by atoms with Gasteiger partial charge in [-0.15, -0.1) is 0 Å². The van der Waals surface area contributed by atoms with Gasteiger partial charge in [0.25, 0.3) is 0 Å². The van der Waals surface area contributed by atoms with Crippen molar-refractivity contribution in [2.24, 2.45) is 5.92 Å². The molecule has 0 radical (unpaired) electrons. The van der Waals surface area contributed by atoms with Crippen LogP contribution >= 0.6 is 0 Å². The Hall–Kier alpha value is -1.06. The second-order valence-electron chi connectivity index (χ2n) is 6.61. The maximum atomic E-state index is 10.2. The minimum absolute atomic E-state index is 0.353. The third kappa shape index (κ3) is 3.15. The van der Waals surface area contributed by atoms with Crippen LogP contribution in [-0.4, -0.2) is 41.8 Å². The minimum atomic E-state index is -0.353. The average molecular weight is 275 g/mol. The second-order valence-corrected chi connectivity index (χ2v) is 6.61. The van der Waals surface area contributed by atoms with Gasteiger partial charge in [-0.2, -0.15) is 0 Å². The summed E-state index contributed by atoms with van der Waals surface area (Å²) < 4.78 is 5.81. The lowest BCUT2D eigenvalue weighted by Crippen LogP contribution is -2.63. The van der Waals surface area contributed by atoms with Crippen molar-refractivity contribution < 1.29 is 9.84 Å². The molecule has 1 aliphatic heterocycles. The molecule has 2 aliphatic rings. The zero-order valence-corrected chi connectivity index (χ0v) is 12.6. The molecule has 3 nitrogen and oxygen atoms in total. The lowest BCUT2D eigenvalue weighted by atomic mass is 9.89. The Balaban J connectivity index is 1.35. The number of benzene rings is 1. The van der Waals surface area contributed by atoms with Gasteiger partial charge in [0.2, 0.25) is 0 Å². The lowest BCUT2D eigenvalue weighted by Gasteiger charge is -2.47. The van der Waals surface area contributed by atoms with Gasteiger partial charge >= 0.3 is 0 Å². The second kappa shape index (κ2) is 5.38. The highest BCUT2D eigenvalue weighted by atomic mass is 16.5. The molecule has 1 aromatic rings. The van der Waals surface area contributed by atoms with E-state index in [1.54, 1.807) is 0 Å². The molecule has 1 saturated carbocycles. The Kier molecular flexibility index (Phi) is 3.74. The summed E-state index contributed by atoms with van der Waals surface area (Å²) in [4.78, 5) is 2.34. The molecule has 2 fully saturated rings. The maximum Gasteiger partial charge on any atom is 0.119 e. The van der Waals surface area contributed by atoms with Gasteiger partial charge in [-0.3, -0.25) is 4.90 Å². The van der Waals surface area contributed by atoms with Crippen molar-refractivity contribution in [2.75, 3.05) is 26.2 Å². The molecule has 1 N–H and O–H groups in total. The first-order valence-corrected chi connectivity index (χ1v) is 7.71. The summed E-state index contributed by atoms with van der Waals surface area (Å²) >= 11 is 0. The third-order valence-corrected chi connectivity index (χ3v) is 4.41. The Morgan fingerprint density at radius 1 is 1.20 bits per heavy atom. The van der Waals surface area contributed by atoms with Gasteiger partial charge in [-0.1, -0.05) is 6.07 Å². The number of β-amino-alcohol motifs (C(OH)–C–C–N with tert-alkyl or cyclic N) is 1. The highest BCUT2D eigenvalue weighted by Gasteiger charge is 2.51. The van der Waals surface area contributed by atoms with E-state index in [0.29, 0.717) is 5.92 Å². The molecule has 3 rings (SSSR count). The summed E-state index contributed by atoms with van der Waals surface area (Å²) in [5, 5.41) is 10.2. The van der Waals surface area contributed by atoms with E-state index < -0.39 is 0 Å². The van der Waals surface area contributed by atoms with Crippen LogP contribution in [0.5, 0.6) is 5.75 Å². The smallest absolute Gasteiger partial charge is 0.119 e. The largest absolute Gasteiger partial charge is 0.494 e. The first-order valence-electron chi connectivity index (χ1n) is 7.71. The fourth-order valence-corrected chi connectivity index (χ4v) is 3.26. The molecular formula is C17H25NO2. The zero-order chi connectivity index (χ0) is 14.2. The number of aryl methyl sites for hydroxylation is 2. The molecule has 0 aromatic heterocycles. The van der Waals surface area contributed by atoms with Gasteiger partial charge < -0.3 is 9.84 Å². The molecule has 0 amide bonds. The van der Waals surface area contributed by atoms with Crippen molar-refractivity contribution in [3.8, 4) is 5.75 Å². The maximum absolute atomic E-state index is 10.2. The number of aliphatic hydroxyl groups is 1. The number of likely N-dealkylation sites (tertiary alicyclic amines) is 1. The van der Waals surface area contributed by atoms with E-state index in [0.717, 1.165) is 38.4 Å². The summed E-state index contributed by atoms with van der Waals surface area (Å²) in [7, 11) is 0. The summed E-state index contributed by atoms with van der Waals surface area (Å²) in [5.41, 5.74) is 2.14. The van der Waals surface area contributed by atoms with Gasteiger partial charge in [0.1, 0.15) is 5.75 Å². The normalized spacial score (nSPS) is 21.6. The molecule has 1 saturated heterocycles. The summed E-state index contributed by atoms with van der Waals surface area (Å²) in [6.07, 6.45) is 3.47. The minimum Gasteiger partial charge on any atom is -0.494 e. The van der Waals surface area contributed by atoms with Crippen LogP contribution in [0.15, 0.2) is 18.2 Å². The van der Waals surface area contributed by atoms with Crippen LogP contribution in [0.1, 0.15) is 30.4 Å². The SMILES string of the molecule is Cc1cc(C)cc(OCCCN2CC(O)(C3CC3)C2)c1. The van der Waals surface area contributed by atoms with E-state index in [9.17, 15) is 5.11 Å². The molecule has 1 heterocycles. The first kappa shape index (κ1) is 13.9. The number of nitrogens with zero attached hydrogens (tertiary/aromatic N) is 1. The molecule has 3 heteroatoms. The third-order valence-electron chi connectivity index (χ3n) is 4.41. The van der Waals surface area contributed by atoms with Crippen LogP contribution in [0, 0.1) is 19.8 Å². The van der Waals surface area contributed by atoms with Crippen LogP contribution in [0.2, 0.25) is 0 Å². The van der Waals surface area contributed by atoms with Crippen LogP contribution in [0.3, 0.4) is 0 Å². The Morgan fingerprint density at radius 2 is 1.85 bits per heavy atom. The molecule has 20 heavy (non-hydrogen) atoms. The van der Waals surface area contributed by atoms with E-state index in [1.807, 2.05) is 0 Å². The predicted molar refractivity (Wildman–Crippen MR) is 80.1 cm³/mol. The molecule has 1 aliphatic carbocycles. The summed E-state index contributed by atoms with van der Waals surface area (Å²) in [5.74, 6) is 1.56. The van der Waals surface area contributed by atoms with Gasteiger partial charge in [0, 0.05) is 19.6 Å². The Morgan fingerprint density at radius 3 is 2.45 bits per heavy atom. The lowest BCUT2D eigenvalue weighted by molar-refractivity contribution is -0.113. The van der Waals surface area contributed by atoms with Crippen molar-refractivity contribution >= 4 is 0 Å². The number of hydrogen-bond acceptors (Lipinski definition) is 3. The summed E-state index contributed by atoms with van der Waals surface area (Å²) in [6, 6.07) is 6.33. The topological polar surface area (TPSA) is 32.7 Å². The van der Waals surface area contributed by atoms with Crippen molar-refractivity contribution in [3.05, 3.63) is 29.3 Å². The fourth-order valence-electron chi connectivity index (χ4n) is 3.26. The van der Waals surface area contributed by atoms with Crippen LogP contribution in [0.4, 0.5) is 0 Å². The van der Waals surface area contributed by atoms with Crippen LogP contribution in [-0.2, 0) is 0 Å². The molecule has 0 unspecified atom stereocenters. The Bertz CT molecular complexity index is 456. The molecule has 0 bridgehead atoms. The number of hydrogen-bond donors (Lipinski definition) is 1. The van der Waals surface area contributed by atoms with E-state index in [1.165, 1.54) is 24.0 Å². The van der Waals surface area contributed by atoms with E-state index in [2.05, 4.69) is 36.9 Å². The van der Waals surface area contributed by atoms with Gasteiger partial charge in [0.15, 0.2) is 0 Å². The van der Waals surface area contributed by atoms with Crippen LogP contribution < -0.4 is 4.74 Å². The fraction of sp³-hybridized carbons (Fsp3) is 0.647. The van der Waals surface area contributed by atoms with Crippen molar-refractivity contribution in [3.63, 3.8) is 0 Å². The zero-order valence-electron chi connectivity index (χ0n) is 12.6. The quantitative estimate of drug-likeness (QED) is 0.810. The Labute approximate surface area is 121 Å². The standard InChI is InChI=1S/C17H25NO2/c1-13-8-14(2)10-16(9-13)20-7-3-6-18-11-17(19,12-18)15-4-5-15/h8-10,15,19H,3-7,11-12H2,1-2H3. The monoisotopic (exact) mass is 275 g/mol. The molecule has 110 valence electrons. The molecule has 0 atom stereocenters. The highest BCUT2D eigenvalue weighted by Crippen LogP contribution is 2.44. The van der Waals surface area contributed by atoms with Gasteiger partial charge in [0.05, 0.1) is 12.2 Å². The van der Waals surface area contributed by atoms with Crippen molar-refractivity contribution in [1.82, 2.24) is 4.90 Å². The molecule has 1 aromatic carbocycles. The predicted octanol–water partition coefficient (Wildman–Crippen LogP) is 2.53.